The molecule has 0 saturated carbocycles. The second kappa shape index (κ2) is 3.69. The number of likely N-dealkylation sites (N-methyl/N-ethyl adjacent to an activating group) is 1. The van der Waals surface area contributed by atoms with Gasteiger partial charge in [0.2, 0.25) is 0 Å². The number of anilines is 1. The fourth-order valence-electron chi connectivity index (χ4n) is 1.54. The Labute approximate surface area is 76.9 Å². The molecule has 0 spiro atoms. The van der Waals surface area contributed by atoms with Crippen LogP contribution in [0.25, 0.3) is 0 Å². The molecule has 0 aliphatic carbocycles. The zero-order valence-corrected chi connectivity index (χ0v) is 7.77. The van der Waals surface area contributed by atoms with Gasteiger partial charge in [-0.1, -0.05) is 5.10 Å². The lowest BCUT2D eigenvalue weighted by Gasteiger charge is -2.17. The van der Waals surface area contributed by atoms with E-state index in [1.807, 2.05) is 0 Å². The Hall–Kier alpha value is -1.17. The van der Waals surface area contributed by atoms with Crippen molar-refractivity contribution in [1.29, 1.82) is 0 Å². The van der Waals surface area contributed by atoms with Crippen molar-refractivity contribution >= 4 is 5.95 Å². The maximum atomic E-state index is 3.97. The van der Waals surface area contributed by atoms with Crippen LogP contribution in [0.1, 0.15) is 6.42 Å². The van der Waals surface area contributed by atoms with E-state index in [0.29, 0.717) is 0 Å². The van der Waals surface area contributed by atoms with Gasteiger partial charge in [0.05, 0.1) is 0 Å². The first-order valence-corrected chi connectivity index (χ1v) is 4.53. The van der Waals surface area contributed by atoms with Crippen LogP contribution in [0, 0.1) is 0 Å². The zero-order valence-electron chi connectivity index (χ0n) is 7.77. The number of aromatic amines is 1. The molecular formula is C7H14N6. The number of hydrogen-bond donors (Lipinski definition) is 1. The molecular weight excluding hydrogens is 168 g/mol. The highest BCUT2D eigenvalue weighted by Crippen LogP contribution is 2.07. The van der Waals surface area contributed by atoms with Crippen molar-refractivity contribution in [3.63, 3.8) is 0 Å². The lowest BCUT2D eigenvalue weighted by atomic mass is 10.4. The first-order chi connectivity index (χ1) is 6.36. The molecule has 2 rings (SSSR count). The summed E-state index contributed by atoms with van der Waals surface area (Å²) in [5.41, 5.74) is 0. The summed E-state index contributed by atoms with van der Waals surface area (Å²) in [4.78, 5) is 4.48. The smallest absolute Gasteiger partial charge is 0.265 e. The van der Waals surface area contributed by atoms with Crippen LogP contribution >= 0.6 is 0 Å². The molecule has 1 fully saturated rings. The maximum Gasteiger partial charge on any atom is 0.265 e. The SMILES string of the molecule is CN1CCCN(c2nn[nH]n2)CC1. The molecule has 1 aliphatic rings. The van der Waals surface area contributed by atoms with Gasteiger partial charge in [-0.05, 0) is 25.2 Å². The van der Waals surface area contributed by atoms with Crippen LogP contribution in [0.5, 0.6) is 0 Å². The number of nitrogens with zero attached hydrogens (tertiary/aromatic N) is 5. The molecule has 0 atom stereocenters. The fourth-order valence-corrected chi connectivity index (χ4v) is 1.54. The largest absolute Gasteiger partial charge is 0.337 e. The summed E-state index contributed by atoms with van der Waals surface area (Å²) in [5, 5.41) is 14.0. The van der Waals surface area contributed by atoms with Crippen molar-refractivity contribution in [3.8, 4) is 0 Å². The van der Waals surface area contributed by atoms with E-state index < -0.39 is 0 Å². The minimum atomic E-state index is 0.718. The molecule has 1 aromatic heterocycles. The molecule has 1 saturated heterocycles. The lowest BCUT2D eigenvalue weighted by Crippen LogP contribution is -2.29. The van der Waals surface area contributed by atoms with E-state index in [0.717, 1.165) is 38.5 Å². The summed E-state index contributed by atoms with van der Waals surface area (Å²) in [6, 6.07) is 0. The summed E-state index contributed by atoms with van der Waals surface area (Å²) in [5.74, 6) is 0.718. The van der Waals surface area contributed by atoms with Gasteiger partial charge in [-0.3, -0.25) is 0 Å². The molecule has 1 aliphatic heterocycles. The van der Waals surface area contributed by atoms with Crippen LogP contribution in [0.3, 0.4) is 0 Å². The number of hydrogen-bond acceptors (Lipinski definition) is 5. The van der Waals surface area contributed by atoms with E-state index in [1.54, 1.807) is 0 Å². The van der Waals surface area contributed by atoms with E-state index in [1.165, 1.54) is 0 Å². The number of H-pyrrole nitrogens is 1. The monoisotopic (exact) mass is 182 g/mol. The van der Waals surface area contributed by atoms with Gasteiger partial charge in [-0.2, -0.15) is 5.21 Å². The highest BCUT2D eigenvalue weighted by atomic mass is 15.5. The Morgan fingerprint density at radius 3 is 2.92 bits per heavy atom. The Morgan fingerprint density at radius 2 is 2.15 bits per heavy atom. The predicted octanol–water partition coefficient (Wildman–Crippen LogP) is -0.658. The minimum Gasteiger partial charge on any atom is -0.337 e. The number of nitrogens with one attached hydrogen (secondary N) is 1. The Kier molecular flexibility index (Phi) is 2.40. The van der Waals surface area contributed by atoms with Gasteiger partial charge in [0.1, 0.15) is 0 Å². The maximum absolute atomic E-state index is 3.97. The van der Waals surface area contributed by atoms with Crippen LogP contribution in [0.4, 0.5) is 5.95 Å². The van der Waals surface area contributed by atoms with Crippen LogP contribution in [-0.4, -0.2) is 58.8 Å². The third-order valence-corrected chi connectivity index (χ3v) is 2.34. The first-order valence-electron chi connectivity index (χ1n) is 4.53. The molecule has 0 amide bonds. The molecule has 1 aromatic rings. The Morgan fingerprint density at radius 1 is 1.23 bits per heavy atom. The van der Waals surface area contributed by atoms with Gasteiger partial charge in [0.15, 0.2) is 0 Å². The van der Waals surface area contributed by atoms with Crippen molar-refractivity contribution in [2.75, 3.05) is 38.1 Å². The second-order valence-corrected chi connectivity index (χ2v) is 3.36. The van der Waals surface area contributed by atoms with E-state index in [-0.39, 0.29) is 0 Å². The van der Waals surface area contributed by atoms with Gasteiger partial charge in [0, 0.05) is 19.6 Å². The van der Waals surface area contributed by atoms with Crippen molar-refractivity contribution in [2.24, 2.45) is 0 Å². The topological polar surface area (TPSA) is 60.9 Å². The number of tetrazole rings is 1. The predicted molar refractivity (Wildman–Crippen MR) is 48.5 cm³/mol. The van der Waals surface area contributed by atoms with Crippen molar-refractivity contribution in [2.45, 2.75) is 6.42 Å². The van der Waals surface area contributed by atoms with Crippen LogP contribution in [0.15, 0.2) is 0 Å². The standard InChI is InChI=1S/C7H14N6/c1-12-3-2-4-13(6-5-12)7-8-10-11-9-7/h2-6H2,1H3,(H,8,9,10,11). The van der Waals surface area contributed by atoms with Crippen molar-refractivity contribution < 1.29 is 0 Å². The van der Waals surface area contributed by atoms with E-state index in [9.17, 15) is 0 Å². The molecule has 13 heavy (non-hydrogen) atoms. The fraction of sp³-hybridized carbons (Fsp3) is 0.857. The summed E-state index contributed by atoms with van der Waals surface area (Å²) in [6.07, 6.45) is 1.16. The molecule has 1 N–H and O–H groups in total. The average molecular weight is 182 g/mol. The number of aromatic nitrogens is 4. The van der Waals surface area contributed by atoms with E-state index >= 15 is 0 Å². The average Bonchev–Trinajstić information content (AvgIpc) is 2.56. The highest BCUT2D eigenvalue weighted by Gasteiger charge is 2.14. The third-order valence-electron chi connectivity index (χ3n) is 2.34. The van der Waals surface area contributed by atoms with Gasteiger partial charge in [-0.25, -0.2) is 0 Å². The molecule has 0 unspecified atom stereocenters. The highest BCUT2D eigenvalue weighted by molar-refractivity contribution is 5.25. The summed E-state index contributed by atoms with van der Waals surface area (Å²) < 4.78 is 0. The molecule has 0 aromatic carbocycles. The molecule has 72 valence electrons. The van der Waals surface area contributed by atoms with Crippen molar-refractivity contribution in [1.82, 2.24) is 25.5 Å². The lowest BCUT2D eigenvalue weighted by molar-refractivity contribution is 0.360. The molecule has 2 heterocycles. The Balaban J connectivity index is 2.00. The molecule has 0 bridgehead atoms. The van der Waals surface area contributed by atoms with Gasteiger partial charge in [0.25, 0.3) is 5.95 Å². The molecule has 0 radical (unpaired) electrons. The summed E-state index contributed by atoms with van der Waals surface area (Å²) >= 11 is 0. The first kappa shape index (κ1) is 8.43. The van der Waals surface area contributed by atoms with Crippen LogP contribution in [0.2, 0.25) is 0 Å². The second-order valence-electron chi connectivity index (χ2n) is 3.36. The number of rotatable bonds is 1. The third kappa shape index (κ3) is 1.95. The van der Waals surface area contributed by atoms with E-state index in [2.05, 4.69) is 37.5 Å². The van der Waals surface area contributed by atoms with Gasteiger partial charge < -0.3 is 9.80 Å². The van der Waals surface area contributed by atoms with Gasteiger partial charge >= 0.3 is 0 Å². The normalized spacial score (nSPS) is 20.2. The van der Waals surface area contributed by atoms with E-state index in [4.69, 9.17) is 0 Å². The van der Waals surface area contributed by atoms with Crippen LogP contribution < -0.4 is 4.90 Å². The van der Waals surface area contributed by atoms with Crippen molar-refractivity contribution in [3.05, 3.63) is 0 Å². The van der Waals surface area contributed by atoms with Crippen LogP contribution in [-0.2, 0) is 0 Å². The molecule has 6 nitrogen and oxygen atoms in total. The summed E-state index contributed by atoms with van der Waals surface area (Å²) in [6.45, 7) is 4.21. The minimum absolute atomic E-state index is 0.718. The molecule has 6 heteroatoms. The quantitative estimate of drug-likeness (QED) is 0.625. The summed E-state index contributed by atoms with van der Waals surface area (Å²) in [7, 11) is 2.14. The van der Waals surface area contributed by atoms with Gasteiger partial charge in [-0.15, -0.1) is 5.10 Å². The Bertz CT molecular complexity index is 245. The zero-order chi connectivity index (χ0) is 9.10.